The van der Waals surface area contributed by atoms with Crippen molar-refractivity contribution in [2.45, 2.75) is 6.92 Å². The van der Waals surface area contributed by atoms with E-state index in [2.05, 4.69) is 28.9 Å². The Morgan fingerprint density at radius 2 is 2.25 bits per heavy atom. The van der Waals surface area contributed by atoms with Crippen LogP contribution in [-0.2, 0) is 0 Å². The van der Waals surface area contributed by atoms with Crippen molar-refractivity contribution in [3.8, 4) is 0 Å². The van der Waals surface area contributed by atoms with Gasteiger partial charge in [-0.2, -0.15) is 0 Å². The van der Waals surface area contributed by atoms with Gasteiger partial charge in [-0.25, -0.2) is 0 Å². The first-order valence-electron chi connectivity index (χ1n) is 3.92. The molecule has 1 aliphatic heterocycles. The van der Waals surface area contributed by atoms with Gasteiger partial charge in [-0.05, 0) is 0 Å². The van der Waals surface area contributed by atoms with Crippen LogP contribution in [0.25, 0.3) is 10.4 Å². The molecular weight excluding hydrogens is 169 g/mol. The van der Waals surface area contributed by atoms with Gasteiger partial charge in [0.25, 0.3) is 0 Å². The van der Waals surface area contributed by atoms with Gasteiger partial charge in [-0.1, -0.05) is 0 Å². The van der Waals surface area contributed by atoms with Crippen molar-refractivity contribution >= 4 is 6.75 Å². The predicted molar refractivity (Wildman–Crippen MR) is 55.7 cm³/mol. The van der Waals surface area contributed by atoms with Gasteiger partial charge in [-0.3, -0.25) is 0 Å². The maximum absolute atomic E-state index is 8.43. The molecule has 0 N–H and O–H groups in total. The summed E-state index contributed by atoms with van der Waals surface area (Å²) in [5, 5.41) is 0. The third kappa shape index (κ3) is 1.69. The molecular formula is C8H14N3P. The monoisotopic (exact) mass is 183 g/mol. The fourth-order valence-electron chi connectivity index (χ4n) is 1.20. The fraction of sp³-hybridized carbons (Fsp3) is 0.500. The van der Waals surface area contributed by atoms with Gasteiger partial charge in [0.2, 0.25) is 0 Å². The summed E-state index contributed by atoms with van der Waals surface area (Å²) < 4.78 is 0. The molecule has 0 unspecified atom stereocenters. The van der Waals surface area contributed by atoms with E-state index in [1.54, 1.807) is 0 Å². The standard InChI is InChI=1S/C8H14N3P/c1-4-8(2)7-12(3,5-6-12)11-10-9/h4,7H,1,5-6H2,2-3H3/b8-7+. The number of allylic oxidation sites excluding steroid dienone is 2. The minimum atomic E-state index is -2.02. The van der Waals surface area contributed by atoms with Crippen molar-refractivity contribution < 1.29 is 0 Å². The van der Waals surface area contributed by atoms with E-state index in [0.717, 1.165) is 17.9 Å². The summed E-state index contributed by atoms with van der Waals surface area (Å²) >= 11 is 0. The fourth-order valence-corrected chi connectivity index (χ4v) is 4.82. The second kappa shape index (κ2) is 2.62. The van der Waals surface area contributed by atoms with Crippen LogP contribution in [0.5, 0.6) is 0 Å². The molecule has 0 aliphatic carbocycles. The van der Waals surface area contributed by atoms with E-state index >= 15 is 0 Å². The van der Waals surface area contributed by atoms with Crippen LogP contribution in [0.1, 0.15) is 6.92 Å². The minimum absolute atomic E-state index is 1.07. The van der Waals surface area contributed by atoms with Gasteiger partial charge < -0.3 is 0 Å². The zero-order valence-electron chi connectivity index (χ0n) is 7.56. The van der Waals surface area contributed by atoms with Crippen LogP contribution in [0.4, 0.5) is 0 Å². The van der Waals surface area contributed by atoms with Crippen molar-refractivity contribution in [2.24, 2.45) is 4.88 Å². The van der Waals surface area contributed by atoms with Crippen LogP contribution in [0, 0.1) is 0 Å². The Balaban J connectivity index is 3.00. The molecule has 0 aromatic rings. The van der Waals surface area contributed by atoms with E-state index in [9.17, 15) is 0 Å². The predicted octanol–water partition coefficient (Wildman–Crippen LogP) is 3.50. The normalized spacial score (nSPS) is 27.5. The van der Waals surface area contributed by atoms with Crippen molar-refractivity contribution in [2.75, 3.05) is 19.0 Å². The van der Waals surface area contributed by atoms with E-state index < -0.39 is 6.75 Å². The molecule has 12 heavy (non-hydrogen) atoms. The molecule has 1 aliphatic rings. The Labute approximate surface area is 72.8 Å². The number of nitrogens with zero attached hydrogens (tertiary/aromatic N) is 3. The van der Waals surface area contributed by atoms with Gasteiger partial charge >= 0.3 is 72.0 Å². The van der Waals surface area contributed by atoms with Crippen molar-refractivity contribution in [1.29, 1.82) is 0 Å². The van der Waals surface area contributed by atoms with Gasteiger partial charge in [-0.15, -0.1) is 0 Å². The summed E-state index contributed by atoms with van der Waals surface area (Å²) in [6.07, 6.45) is 3.95. The third-order valence-electron chi connectivity index (χ3n) is 2.33. The Hall–Kier alpha value is -0.780. The van der Waals surface area contributed by atoms with Crippen molar-refractivity contribution in [3.05, 3.63) is 34.5 Å². The molecule has 0 aromatic carbocycles. The quantitative estimate of drug-likeness (QED) is 0.211. The van der Waals surface area contributed by atoms with Crippen LogP contribution in [0.2, 0.25) is 0 Å². The Morgan fingerprint density at radius 3 is 2.58 bits per heavy atom. The molecule has 1 rings (SSSR count). The summed E-state index contributed by atoms with van der Waals surface area (Å²) in [7, 11) is 0. The van der Waals surface area contributed by atoms with E-state index in [0.29, 0.717) is 0 Å². The number of azide groups is 1. The molecule has 0 amide bonds. The van der Waals surface area contributed by atoms with Crippen molar-refractivity contribution in [1.82, 2.24) is 0 Å². The first kappa shape index (κ1) is 9.31. The first-order valence-corrected chi connectivity index (χ1v) is 7.00. The van der Waals surface area contributed by atoms with E-state index in [1.807, 2.05) is 13.0 Å². The molecule has 0 radical (unpaired) electrons. The molecule has 1 saturated heterocycles. The summed E-state index contributed by atoms with van der Waals surface area (Å²) in [5.74, 6) is 2.14. The van der Waals surface area contributed by atoms with Crippen LogP contribution in [0.15, 0.2) is 28.9 Å². The molecule has 1 heterocycles. The molecule has 0 atom stereocenters. The summed E-state index contributed by atoms with van der Waals surface area (Å²) in [5.41, 5.74) is 9.55. The molecule has 4 heteroatoms. The van der Waals surface area contributed by atoms with Gasteiger partial charge in [0.1, 0.15) is 0 Å². The molecule has 3 nitrogen and oxygen atoms in total. The number of hydrogen-bond donors (Lipinski definition) is 0. The Morgan fingerprint density at radius 1 is 1.67 bits per heavy atom. The molecule has 0 aromatic heterocycles. The molecule has 1 fully saturated rings. The zero-order valence-corrected chi connectivity index (χ0v) is 8.46. The second-order valence-electron chi connectivity index (χ2n) is 3.78. The summed E-state index contributed by atoms with van der Waals surface area (Å²) in [6, 6.07) is 0. The molecule has 66 valence electrons. The van der Waals surface area contributed by atoms with Crippen LogP contribution in [0.3, 0.4) is 0 Å². The zero-order chi connectivity index (χ0) is 9.27. The van der Waals surface area contributed by atoms with Gasteiger partial charge in [0, 0.05) is 0 Å². The molecule has 0 saturated carbocycles. The van der Waals surface area contributed by atoms with Crippen LogP contribution >= 0.6 is 6.75 Å². The van der Waals surface area contributed by atoms with E-state index in [4.69, 9.17) is 5.53 Å². The van der Waals surface area contributed by atoms with E-state index in [-0.39, 0.29) is 0 Å². The van der Waals surface area contributed by atoms with Crippen LogP contribution < -0.4 is 0 Å². The number of hydrogen-bond acceptors (Lipinski definition) is 1. The van der Waals surface area contributed by atoms with E-state index in [1.165, 1.54) is 0 Å². The van der Waals surface area contributed by atoms with Gasteiger partial charge in [0.15, 0.2) is 0 Å². The van der Waals surface area contributed by atoms with Crippen LogP contribution in [-0.4, -0.2) is 19.0 Å². The van der Waals surface area contributed by atoms with Gasteiger partial charge in [0.05, 0.1) is 0 Å². The summed E-state index contributed by atoms with van der Waals surface area (Å²) in [6.45, 7) is 5.76. The average Bonchev–Trinajstić information content (AvgIpc) is 2.65. The summed E-state index contributed by atoms with van der Waals surface area (Å²) in [4.78, 5) is 6.91. The maximum atomic E-state index is 8.43. The molecule has 0 bridgehead atoms. The Bertz CT molecular complexity index is 295. The SMILES string of the molecule is C=C/C(C)=C/P1(C)(N=[N+]=[N-])CC1. The first-order chi connectivity index (χ1) is 5.52. The third-order valence-corrected chi connectivity index (χ3v) is 6.35. The number of rotatable bonds is 3. The molecule has 0 spiro atoms. The average molecular weight is 183 g/mol. The second-order valence-corrected chi connectivity index (χ2v) is 9.27. The van der Waals surface area contributed by atoms with Crippen molar-refractivity contribution in [3.63, 3.8) is 0 Å². The Kier molecular flexibility index (Phi) is 2.03. The topological polar surface area (TPSA) is 48.8 Å².